The van der Waals surface area contributed by atoms with Crippen molar-refractivity contribution in [3.63, 3.8) is 0 Å². The molecule has 0 aliphatic carbocycles. The third-order valence-electron chi connectivity index (χ3n) is 6.91. The zero-order valence-electron chi connectivity index (χ0n) is 20.7. The van der Waals surface area contributed by atoms with E-state index in [-0.39, 0.29) is 22.4 Å². The second-order valence-electron chi connectivity index (χ2n) is 9.53. The fraction of sp³-hybridized carbons (Fsp3) is 0.444. The van der Waals surface area contributed by atoms with E-state index in [1.807, 2.05) is 18.2 Å². The van der Waals surface area contributed by atoms with Crippen molar-refractivity contribution >= 4 is 23.5 Å². The molecule has 1 unspecified atom stereocenters. The summed E-state index contributed by atoms with van der Waals surface area (Å²) in [5.74, 6) is -2.73. The van der Waals surface area contributed by atoms with Crippen molar-refractivity contribution in [3.8, 4) is 0 Å². The molecular formula is C27H33N3O7. The second-order valence-corrected chi connectivity index (χ2v) is 9.53. The van der Waals surface area contributed by atoms with E-state index >= 15 is 0 Å². The number of hydrogen-bond acceptors (Lipinski definition) is 6. The van der Waals surface area contributed by atoms with Gasteiger partial charge in [-0.3, -0.25) is 19.8 Å². The number of nitrogens with zero attached hydrogens (tertiary/aromatic N) is 3. The Morgan fingerprint density at radius 1 is 0.892 bits per heavy atom. The SMILES string of the molecule is O=C(C1CCCN(Cc2ccccc2[N+](=O)[O-])C1)N1CCC(Cc2ccccc2)CC1.O=C(O)C(=O)O. The van der Waals surface area contributed by atoms with Gasteiger partial charge >= 0.3 is 11.9 Å². The van der Waals surface area contributed by atoms with E-state index in [2.05, 4.69) is 34.1 Å². The molecule has 2 aliphatic heterocycles. The molecule has 10 nitrogen and oxygen atoms in total. The fourth-order valence-corrected chi connectivity index (χ4v) is 5.03. The summed E-state index contributed by atoms with van der Waals surface area (Å²) < 4.78 is 0. The maximum absolute atomic E-state index is 13.2. The zero-order valence-corrected chi connectivity index (χ0v) is 20.7. The van der Waals surface area contributed by atoms with E-state index in [4.69, 9.17) is 19.8 Å². The topological polar surface area (TPSA) is 141 Å². The van der Waals surface area contributed by atoms with E-state index in [0.717, 1.165) is 57.3 Å². The maximum atomic E-state index is 13.2. The predicted octanol–water partition coefficient (Wildman–Crippen LogP) is 3.44. The lowest BCUT2D eigenvalue weighted by molar-refractivity contribution is -0.385. The van der Waals surface area contributed by atoms with Gasteiger partial charge in [-0.05, 0) is 50.1 Å². The number of hydrogen-bond donors (Lipinski definition) is 2. The molecule has 10 heteroatoms. The second kappa shape index (κ2) is 13.5. The number of piperidine rings is 2. The fourth-order valence-electron chi connectivity index (χ4n) is 5.03. The zero-order chi connectivity index (χ0) is 26.8. The van der Waals surface area contributed by atoms with Gasteiger partial charge in [0.25, 0.3) is 5.69 Å². The van der Waals surface area contributed by atoms with Crippen LogP contribution in [0.15, 0.2) is 54.6 Å². The van der Waals surface area contributed by atoms with Crippen LogP contribution in [0.25, 0.3) is 0 Å². The molecule has 2 aromatic rings. The van der Waals surface area contributed by atoms with Crippen LogP contribution in [-0.2, 0) is 27.3 Å². The van der Waals surface area contributed by atoms with Gasteiger partial charge in [-0.15, -0.1) is 0 Å². The van der Waals surface area contributed by atoms with Gasteiger partial charge in [0.1, 0.15) is 0 Å². The average Bonchev–Trinajstić information content (AvgIpc) is 2.90. The highest BCUT2D eigenvalue weighted by Crippen LogP contribution is 2.27. The lowest BCUT2D eigenvalue weighted by Crippen LogP contribution is -2.47. The molecule has 0 saturated carbocycles. The molecule has 1 atom stereocenters. The van der Waals surface area contributed by atoms with Crippen LogP contribution in [0.5, 0.6) is 0 Å². The van der Waals surface area contributed by atoms with Crippen LogP contribution in [0.2, 0.25) is 0 Å². The minimum atomic E-state index is -1.82. The van der Waals surface area contributed by atoms with Crippen LogP contribution in [0, 0.1) is 22.0 Å². The van der Waals surface area contributed by atoms with Gasteiger partial charge in [0, 0.05) is 37.8 Å². The summed E-state index contributed by atoms with van der Waals surface area (Å²) in [5, 5.41) is 26.1. The Morgan fingerprint density at radius 3 is 2.14 bits per heavy atom. The monoisotopic (exact) mass is 511 g/mol. The summed E-state index contributed by atoms with van der Waals surface area (Å²) in [6, 6.07) is 17.5. The lowest BCUT2D eigenvalue weighted by atomic mass is 9.89. The molecule has 2 aliphatic rings. The maximum Gasteiger partial charge on any atom is 0.414 e. The third kappa shape index (κ3) is 8.38. The number of rotatable bonds is 6. The Balaban J connectivity index is 0.000000568. The Morgan fingerprint density at radius 2 is 1.51 bits per heavy atom. The van der Waals surface area contributed by atoms with Crippen LogP contribution in [0.4, 0.5) is 5.69 Å². The number of carboxylic acids is 2. The summed E-state index contributed by atoms with van der Waals surface area (Å²) in [6.07, 6.45) is 5.09. The summed E-state index contributed by atoms with van der Waals surface area (Å²) >= 11 is 0. The van der Waals surface area contributed by atoms with Crippen LogP contribution in [-0.4, -0.2) is 69.0 Å². The van der Waals surface area contributed by atoms with E-state index in [1.165, 1.54) is 5.56 Å². The third-order valence-corrected chi connectivity index (χ3v) is 6.91. The Labute approximate surface area is 215 Å². The molecule has 2 N–H and O–H groups in total. The largest absolute Gasteiger partial charge is 0.473 e. The Kier molecular flexibility index (Phi) is 10.1. The molecule has 4 rings (SSSR count). The highest BCUT2D eigenvalue weighted by atomic mass is 16.6. The number of carbonyl (C=O) groups excluding carboxylic acids is 1. The van der Waals surface area contributed by atoms with Crippen molar-refractivity contribution in [2.45, 2.75) is 38.6 Å². The quantitative estimate of drug-likeness (QED) is 0.341. The molecule has 2 fully saturated rings. The van der Waals surface area contributed by atoms with Crippen molar-refractivity contribution in [1.82, 2.24) is 9.80 Å². The summed E-state index contributed by atoms with van der Waals surface area (Å²) in [4.78, 5) is 46.6. The molecule has 0 aromatic heterocycles. The number of nitro groups is 1. The molecule has 0 radical (unpaired) electrons. The van der Waals surface area contributed by atoms with Gasteiger partial charge in [-0.1, -0.05) is 48.5 Å². The number of carboxylic acid groups (broad SMARTS) is 2. The summed E-state index contributed by atoms with van der Waals surface area (Å²) in [5.41, 5.74) is 2.27. The van der Waals surface area contributed by atoms with E-state index in [0.29, 0.717) is 19.0 Å². The molecule has 1 amide bonds. The van der Waals surface area contributed by atoms with Gasteiger partial charge in [0.2, 0.25) is 5.91 Å². The highest BCUT2D eigenvalue weighted by Gasteiger charge is 2.32. The first-order valence-electron chi connectivity index (χ1n) is 12.5. The van der Waals surface area contributed by atoms with Gasteiger partial charge in [0.15, 0.2) is 0 Å². The minimum Gasteiger partial charge on any atom is -0.473 e. The van der Waals surface area contributed by atoms with Crippen LogP contribution < -0.4 is 0 Å². The highest BCUT2D eigenvalue weighted by molar-refractivity contribution is 6.27. The molecule has 2 aromatic carbocycles. The molecule has 0 bridgehead atoms. The number of amides is 1. The number of para-hydroxylation sites is 1. The average molecular weight is 512 g/mol. The normalized spacial score (nSPS) is 18.4. The van der Waals surface area contributed by atoms with E-state index < -0.39 is 11.9 Å². The summed E-state index contributed by atoms with van der Waals surface area (Å²) in [6.45, 7) is 3.79. The van der Waals surface area contributed by atoms with Gasteiger partial charge in [0.05, 0.1) is 10.8 Å². The smallest absolute Gasteiger partial charge is 0.414 e. The molecule has 2 saturated heterocycles. The molecular weight excluding hydrogens is 478 g/mol. The summed E-state index contributed by atoms with van der Waals surface area (Å²) in [7, 11) is 0. The van der Waals surface area contributed by atoms with Gasteiger partial charge in [-0.25, -0.2) is 9.59 Å². The van der Waals surface area contributed by atoms with Crippen molar-refractivity contribution in [3.05, 3.63) is 75.8 Å². The number of likely N-dealkylation sites (tertiary alicyclic amines) is 2. The van der Waals surface area contributed by atoms with E-state index in [1.54, 1.807) is 12.1 Å². The standard InChI is InChI=1S/C25H31N3O3.C2H2O4/c29-25(27-15-12-21(13-16-27)17-20-7-2-1-3-8-20)23-10-6-14-26(19-23)18-22-9-4-5-11-24(22)28(30)31;3-1(4)2(5)6/h1-5,7-9,11,21,23H,6,10,12-19H2;(H,3,4)(H,5,6). The first-order chi connectivity index (χ1) is 17.7. The Hall–Kier alpha value is -3.79. The minimum absolute atomic E-state index is 0.00203. The molecule has 198 valence electrons. The number of carbonyl (C=O) groups is 3. The number of benzene rings is 2. The number of nitro benzene ring substituents is 1. The van der Waals surface area contributed by atoms with Crippen molar-refractivity contribution in [2.75, 3.05) is 26.2 Å². The first kappa shape index (κ1) is 27.8. The predicted molar refractivity (Wildman–Crippen MR) is 136 cm³/mol. The Bertz CT molecular complexity index is 1070. The van der Waals surface area contributed by atoms with Crippen molar-refractivity contribution in [2.24, 2.45) is 11.8 Å². The first-order valence-corrected chi connectivity index (χ1v) is 12.5. The molecule has 2 heterocycles. The van der Waals surface area contributed by atoms with Crippen molar-refractivity contribution in [1.29, 1.82) is 0 Å². The van der Waals surface area contributed by atoms with Gasteiger partial charge < -0.3 is 15.1 Å². The van der Waals surface area contributed by atoms with E-state index in [9.17, 15) is 14.9 Å². The van der Waals surface area contributed by atoms with Crippen LogP contribution >= 0.6 is 0 Å². The van der Waals surface area contributed by atoms with Crippen LogP contribution in [0.3, 0.4) is 0 Å². The molecule has 37 heavy (non-hydrogen) atoms. The number of aliphatic carboxylic acids is 2. The lowest BCUT2D eigenvalue weighted by Gasteiger charge is -2.38. The van der Waals surface area contributed by atoms with Crippen molar-refractivity contribution < 1.29 is 29.5 Å². The van der Waals surface area contributed by atoms with Crippen LogP contribution in [0.1, 0.15) is 36.8 Å². The van der Waals surface area contributed by atoms with Gasteiger partial charge in [-0.2, -0.15) is 0 Å². The molecule has 0 spiro atoms.